The zero-order valence-corrected chi connectivity index (χ0v) is 31.5. The van der Waals surface area contributed by atoms with E-state index in [1.54, 1.807) is 30.3 Å². The predicted molar refractivity (Wildman–Crippen MR) is 202 cm³/mol. The normalized spacial score (nSPS) is 14.2. The monoisotopic (exact) mass is 850 g/mol. The summed E-state index contributed by atoms with van der Waals surface area (Å²) in [4.78, 5) is 9.03. The quantitative estimate of drug-likeness (QED) is 0.127. The zero-order chi connectivity index (χ0) is 39.2. The van der Waals surface area contributed by atoms with Gasteiger partial charge in [0.05, 0.1) is 12.8 Å². The first kappa shape index (κ1) is 27.1. The van der Waals surface area contributed by atoms with Crippen LogP contribution < -0.4 is 5.19 Å². The molecule has 4 aromatic carbocycles. The number of aromatic nitrogens is 2. The van der Waals surface area contributed by atoms with Gasteiger partial charge < -0.3 is 9.97 Å². The summed E-state index contributed by atoms with van der Waals surface area (Å²) in [5.74, 6) is -0.971. The van der Waals surface area contributed by atoms with Gasteiger partial charge in [-0.3, -0.25) is 0 Å². The molecule has 0 bridgehead atoms. The van der Waals surface area contributed by atoms with E-state index in [1.165, 1.54) is 34.9 Å². The molecule has 1 radical (unpaired) electrons. The fourth-order valence-electron chi connectivity index (χ4n) is 5.57. The van der Waals surface area contributed by atoms with E-state index in [9.17, 15) is 4.39 Å². The number of aryl methyl sites for hydroxylation is 2. The number of hydrogen-bond donors (Lipinski definition) is 0. The van der Waals surface area contributed by atoms with E-state index in [1.807, 2.05) is 68.6 Å². The second kappa shape index (κ2) is 14.8. The van der Waals surface area contributed by atoms with Crippen molar-refractivity contribution in [2.24, 2.45) is 0 Å². The standard InChI is InChI=1S/C24H15FNS.C18H24NSi.Ir/c1-15-14-26-22(13-20(15)16-7-3-2-4-8-16)19-11-5-9-17-18-10-6-12-21(25)24(18)27-23(17)19;1-13(2)16-11-17(15-9-7-14(3)8-10-15)19-12-18(16)20(4,5)6;/h2-10,12-14H,1H3;7-9,11-13H,1-6H3;/q2*-1;/i1D3;3D3,13D;. The minimum Gasteiger partial charge on any atom is -0.305 e. The summed E-state index contributed by atoms with van der Waals surface area (Å²) in [6, 6.07) is 33.0. The SMILES string of the molecule is [2H]C([2H])([2H])c1c[c-]c(-c2cc(C([2H])(C)C)c([Si](C)(C)C)cn2)cc1.[2H]C([2H])([2H])c1cnc(-c2[c-]ccc3c2sc2c(F)cccc23)cc1-c1ccccc1.[Ir]. The van der Waals surface area contributed by atoms with Crippen molar-refractivity contribution in [3.05, 3.63) is 138 Å². The first-order chi connectivity index (χ1) is 25.2. The maximum absolute atomic E-state index is 14.4. The summed E-state index contributed by atoms with van der Waals surface area (Å²) in [5.41, 5.74) is 5.69. The third-order valence-electron chi connectivity index (χ3n) is 7.99. The smallest absolute Gasteiger partial charge is 0.140 e. The average Bonchev–Trinajstić information content (AvgIpc) is 3.51. The zero-order valence-electron chi connectivity index (χ0n) is 34.3. The molecule has 245 valence electrons. The first-order valence-corrected chi connectivity index (χ1v) is 19.7. The Balaban J connectivity index is 0.000000213. The van der Waals surface area contributed by atoms with Crippen LogP contribution in [0.15, 0.2) is 103 Å². The summed E-state index contributed by atoms with van der Waals surface area (Å²) in [7, 11) is -1.61. The molecule has 0 atom stereocenters. The van der Waals surface area contributed by atoms with Crippen molar-refractivity contribution in [1.29, 1.82) is 0 Å². The Bertz CT molecular complexity index is 2450. The third kappa shape index (κ3) is 7.43. The maximum Gasteiger partial charge on any atom is 0.140 e. The average molecular weight is 850 g/mol. The molecule has 0 aliphatic rings. The van der Waals surface area contributed by atoms with Crippen LogP contribution in [0.5, 0.6) is 0 Å². The van der Waals surface area contributed by atoms with Crippen LogP contribution in [0.3, 0.4) is 0 Å². The minimum absolute atomic E-state index is 0. The van der Waals surface area contributed by atoms with Crippen LogP contribution in [0, 0.1) is 31.7 Å². The topological polar surface area (TPSA) is 25.8 Å². The molecular weight excluding hydrogens is 804 g/mol. The number of fused-ring (bicyclic) bond motifs is 3. The summed E-state index contributed by atoms with van der Waals surface area (Å²) < 4.78 is 70.4. The van der Waals surface area contributed by atoms with Crippen LogP contribution in [-0.2, 0) is 20.1 Å². The molecule has 0 amide bonds. The second-order valence-corrected chi connectivity index (χ2v) is 18.7. The molecule has 3 aromatic heterocycles. The molecular formula is C42H39FIrN2SSi-2. The molecule has 0 saturated carbocycles. The van der Waals surface area contributed by atoms with E-state index in [0.717, 1.165) is 43.4 Å². The van der Waals surface area contributed by atoms with Gasteiger partial charge >= 0.3 is 0 Å². The summed E-state index contributed by atoms with van der Waals surface area (Å²) in [5, 5.41) is 2.98. The van der Waals surface area contributed by atoms with Gasteiger partial charge in [-0.25, -0.2) is 4.39 Å². The van der Waals surface area contributed by atoms with Crippen LogP contribution in [-0.4, -0.2) is 18.0 Å². The van der Waals surface area contributed by atoms with Crippen LogP contribution >= 0.6 is 11.3 Å². The van der Waals surface area contributed by atoms with Gasteiger partial charge in [-0.05, 0) is 62.2 Å². The Labute approximate surface area is 312 Å². The maximum atomic E-state index is 14.4. The predicted octanol–water partition coefficient (Wildman–Crippen LogP) is 11.6. The van der Waals surface area contributed by atoms with Gasteiger partial charge in [0.2, 0.25) is 0 Å². The molecule has 0 spiro atoms. The van der Waals surface area contributed by atoms with Gasteiger partial charge in [0, 0.05) is 42.1 Å². The Morgan fingerprint density at radius 3 is 2.29 bits per heavy atom. The molecule has 48 heavy (non-hydrogen) atoms. The van der Waals surface area contributed by atoms with E-state index in [4.69, 9.17) is 9.60 Å². The molecule has 0 saturated heterocycles. The third-order valence-corrected chi connectivity index (χ3v) is 11.3. The van der Waals surface area contributed by atoms with Gasteiger partial charge in [-0.15, -0.1) is 59.2 Å². The van der Waals surface area contributed by atoms with Gasteiger partial charge in [0.25, 0.3) is 0 Å². The molecule has 0 aliphatic heterocycles. The van der Waals surface area contributed by atoms with E-state index in [2.05, 4.69) is 41.7 Å². The van der Waals surface area contributed by atoms with Crippen molar-refractivity contribution in [3.8, 4) is 33.6 Å². The Morgan fingerprint density at radius 1 is 0.833 bits per heavy atom. The number of hydrogen-bond acceptors (Lipinski definition) is 3. The van der Waals surface area contributed by atoms with Crippen molar-refractivity contribution in [2.75, 3.05) is 0 Å². The second-order valence-electron chi connectivity index (χ2n) is 12.7. The Morgan fingerprint density at radius 2 is 1.60 bits per heavy atom. The van der Waals surface area contributed by atoms with Crippen LogP contribution in [0.4, 0.5) is 4.39 Å². The Hall–Kier alpha value is -3.80. The van der Waals surface area contributed by atoms with Gasteiger partial charge in [-0.1, -0.05) is 106 Å². The first-order valence-electron chi connectivity index (χ1n) is 18.8. The van der Waals surface area contributed by atoms with Crippen molar-refractivity contribution < 1.29 is 34.1 Å². The number of halogens is 1. The summed E-state index contributed by atoms with van der Waals surface area (Å²) in [6.07, 6.45) is 3.31. The molecule has 7 aromatic rings. The molecule has 0 fully saturated rings. The summed E-state index contributed by atoms with van der Waals surface area (Å²) >= 11 is 1.36. The molecule has 0 N–H and O–H groups in total. The number of benzene rings is 4. The molecule has 0 aliphatic carbocycles. The number of rotatable bonds is 5. The van der Waals surface area contributed by atoms with Crippen molar-refractivity contribution in [1.82, 2.24) is 9.97 Å². The van der Waals surface area contributed by atoms with E-state index in [0.29, 0.717) is 16.0 Å². The van der Waals surface area contributed by atoms with Crippen LogP contribution in [0.2, 0.25) is 19.6 Å². The van der Waals surface area contributed by atoms with Gasteiger partial charge in [-0.2, -0.15) is 11.3 Å². The number of thiophene rings is 1. The van der Waals surface area contributed by atoms with E-state index in [-0.39, 0.29) is 37.0 Å². The largest absolute Gasteiger partial charge is 0.305 e. The number of pyridine rings is 2. The van der Waals surface area contributed by atoms with Crippen molar-refractivity contribution >= 4 is 44.8 Å². The van der Waals surface area contributed by atoms with Crippen LogP contribution in [0.1, 0.15) is 46.0 Å². The molecule has 6 heteroatoms. The fourth-order valence-corrected chi connectivity index (χ4v) is 8.36. The van der Waals surface area contributed by atoms with E-state index < -0.39 is 27.7 Å². The summed E-state index contributed by atoms with van der Waals surface area (Å²) in [6.45, 7) is 6.10. The van der Waals surface area contributed by atoms with E-state index >= 15 is 0 Å². The Kier molecular flexibility index (Phi) is 8.32. The van der Waals surface area contributed by atoms with Crippen LogP contribution in [0.25, 0.3) is 53.8 Å². The van der Waals surface area contributed by atoms with Crippen molar-refractivity contribution in [3.63, 3.8) is 0 Å². The molecule has 2 nitrogen and oxygen atoms in total. The molecule has 7 rings (SSSR count). The van der Waals surface area contributed by atoms with Crippen molar-refractivity contribution in [2.45, 2.75) is 53.1 Å². The molecule has 0 unspecified atom stereocenters. The van der Waals surface area contributed by atoms with Gasteiger partial charge in [0.15, 0.2) is 0 Å². The number of nitrogens with zero attached hydrogens (tertiary/aromatic N) is 2. The molecule has 3 heterocycles. The fraction of sp³-hybridized carbons (Fsp3) is 0.190. The van der Waals surface area contributed by atoms with Gasteiger partial charge in [0.1, 0.15) is 5.82 Å². The minimum atomic E-state index is -2.28.